The maximum absolute atomic E-state index is 12.5. The van der Waals surface area contributed by atoms with Crippen molar-refractivity contribution >= 4 is 16.1 Å². The molecule has 1 aromatic rings. The minimum absolute atomic E-state index is 0. The van der Waals surface area contributed by atoms with E-state index < -0.39 is 55.9 Å². The smallest absolute Gasteiger partial charge is 0.744 e. The molecule has 14 nitrogen and oxygen atoms in total. The summed E-state index contributed by atoms with van der Waals surface area (Å²) in [5.41, 5.74) is 41.1. The Hall–Kier alpha value is -0.760. The van der Waals surface area contributed by atoms with Gasteiger partial charge in [-0.3, -0.25) is 0 Å². The molecule has 18 N–H and O–H groups in total. The number of hydrogen-bond acceptors (Lipinski definition) is 14. The van der Waals surface area contributed by atoms with Crippen LogP contribution in [0.1, 0.15) is 0 Å². The van der Waals surface area contributed by atoms with Gasteiger partial charge >= 0.3 is 35.5 Å². The summed E-state index contributed by atoms with van der Waals surface area (Å²) < 4.78 is 38.6. The van der Waals surface area contributed by atoms with Crippen molar-refractivity contribution in [1.29, 1.82) is 0 Å². The third-order valence-electron chi connectivity index (χ3n) is 4.14. The van der Waals surface area contributed by atoms with E-state index in [0.717, 1.165) is 12.1 Å². The minimum Gasteiger partial charge on any atom is -0.744 e. The van der Waals surface area contributed by atoms with E-state index >= 15 is 0 Å². The molecule has 0 saturated carbocycles. The number of esters is 1. The Kier molecular flexibility index (Phi) is 8.31. The molecule has 0 saturated heterocycles. The van der Waals surface area contributed by atoms with Gasteiger partial charge in [-0.15, -0.1) is 0 Å². The van der Waals surface area contributed by atoms with Crippen LogP contribution < -0.4 is 85.9 Å². The normalized spacial score (nSPS) is 13.6. The molecule has 1 rings (SSSR count). The van der Waals surface area contributed by atoms with Crippen LogP contribution in [-0.2, 0) is 14.9 Å². The van der Waals surface area contributed by atoms with Gasteiger partial charge in [-0.2, -0.15) is 0 Å². The molecular weight excluding hydrogens is 405 g/mol. The van der Waals surface area contributed by atoms with Crippen molar-refractivity contribution in [3.05, 3.63) is 24.3 Å². The summed E-state index contributed by atoms with van der Waals surface area (Å²) in [6, 6.07) is 4.40. The predicted octanol–water partition coefficient (Wildman–Crippen LogP) is -9.09. The zero-order valence-corrected chi connectivity index (χ0v) is 18.0. The van der Waals surface area contributed by atoms with Crippen molar-refractivity contribution in [3.8, 4) is 5.75 Å². The third kappa shape index (κ3) is 4.69. The van der Waals surface area contributed by atoms with Gasteiger partial charge in [-0.05, 0) is 12.1 Å². The Morgan fingerprint density at radius 3 is 1.86 bits per heavy atom. The minimum atomic E-state index is -4.99. The summed E-state index contributed by atoms with van der Waals surface area (Å²) in [4.78, 5) is 11.6. The molecule has 0 fully saturated rings. The van der Waals surface area contributed by atoms with Crippen LogP contribution in [-0.4, -0.2) is 48.1 Å². The molecule has 154 valence electrons. The van der Waals surface area contributed by atoms with Crippen LogP contribution in [0.4, 0.5) is 0 Å². The van der Waals surface area contributed by atoms with E-state index in [0.29, 0.717) is 0 Å². The molecule has 16 heteroatoms. The molecule has 0 bridgehead atoms. The van der Waals surface area contributed by atoms with E-state index in [-0.39, 0.29) is 29.6 Å². The number of ether oxygens (including phenoxy) is 1. The number of carbonyl (C=O) groups is 1. The average Bonchev–Trinajstić information content (AvgIpc) is 2.53. The van der Waals surface area contributed by atoms with Crippen molar-refractivity contribution in [2.24, 2.45) is 51.6 Å². The van der Waals surface area contributed by atoms with Crippen LogP contribution in [0.25, 0.3) is 0 Å². The number of para-hydroxylation sites is 1. The van der Waals surface area contributed by atoms with Crippen molar-refractivity contribution in [2.45, 2.75) is 27.5 Å². The Morgan fingerprint density at radius 1 is 0.964 bits per heavy atom. The summed E-state index contributed by atoms with van der Waals surface area (Å²) >= 11 is 0. The SMILES string of the molecule is NCC(N)(N)C(N)(N)C(N)(N)C(N)(N)C(=O)Oc1ccccc1S(=O)(=O)[O-].[Na+]. The maximum Gasteiger partial charge on any atom is 1.00 e. The number of rotatable bonds is 7. The van der Waals surface area contributed by atoms with E-state index in [2.05, 4.69) is 0 Å². The van der Waals surface area contributed by atoms with Gasteiger partial charge in [0.25, 0.3) is 0 Å². The molecule has 0 heterocycles. The van der Waals surface area contributed by atoms with Gasteiger partial charge in [0.2, 0.25) is 0 Å². The summed E-state index contributed by atoms with van der Waals surface area (Å²) in [6.07, 6.45) is 0. The zero-order valence-electron chi connectivity index (χ0n) is 15.2. The van der Waals surface area contributed by atoms with E-state index in [9.17, 15) is 17.8 Å². The first kappa shape index (κ1) is 27.2. The summed E-state index contributed by atoms with van der Waals surface area (Å²) in [5.74, 6) is -2.24. The Balaban J connectivity index is 0.00000729. The van der Waals surface area contributed by atoms with Crippen molar-refractivity contribution < 1.29 is 52.1 Å². The fraction of sp³-hybridized carbons (Fsp3) is 0.417. The zero-order chi connectivity index (χ0) is 21.5. The molecule has 0 radical (unpaired) electrons. The quantitative estimate of drug-likeness (QED) is 0.0638. The molecule has 1 aromatic carbocycles. The predicted molar refractivity (Wildman–Crippen MR) is 93.5 cm³/mol. The van der Waals surface area contributed by atoms with Gasteiger partial charge in [-0.25, -0.2) is 13.2 Å². The van der Waals surface area contributed by atoms with Gasteiger partial charge in [0.15, 0.2) is 5.66 Å². The second kappa shape index (κ2) is 8.54. The molecule has 0 aliphatic heterocycles. The molecule has 0 spiro atoms. The van der Waals surface area contributed by atoms with Crippen LogP contribution in [0.2, 0.25) is 0 Å². The standard InChI is InChI=1S/C12H25N9O5S.Na/c13-5-9(14,15)11(18,19)12(20,21)10(16,17)8(22)26-6-3-1-2-4-7(6)27(23,24)25;/h1-4H,5,13-21H2,(H,23,24,25);/q;+1/p-1. The Labute approximate surface area is 183 Å². The van der Waals surface area contributed by atoms with Gasteiger partial charge in [0, 0.05) is 6.54 Å². The molecule has 0 aliphatic carbocycles. The van der Waals surface area contributed by atoms with Crippen molar-refractivity contribution in [3.63, 3.8) is 0 Å². The Bertz CT molecular complexity index is 829. The first-order valence-electron chi connectivity index (χ1n) is 7.22. The number of benzene rings is 1. The van der Waals surface area contributed by atoms with E-state index in [1.807, 2.05) is 0 Å². The molecule has 0 unspecified atom stereocenters. The molecule has 0 amide bonds. The van der Waals surface area contributed by atoms with Crippen molar-refractivity contribution in [2.75, 3.05) is 6.54 Å². The number of hydrogen-bond donors (Lipinski definition) is 9. The Morgan fingerprint density at radius 2 is 1.43 bits per heavy atom. The number of carbonyl (C=O) groups excluding carboxylic acids is 1. The van der Waals surface area contributed by atoms with Gasteiger partial charge in [-0.1, -0.05) is 12.1 Å². The van der Waals surface area contributed by atoms with Crippen LogP contribution >= 0.6 is 0 Å². The largest absolute Gasteiger partial charge is 1.00 e. The molecule has 28 heavy (non-hydrogen) atoms. The first-order valence-corrected chi connectivity index (χ1v) is 8.62. The van der Waals surface area contributed by atoms with E-state index in [4.69, 9.17) is 56.3 Å². The van der Waals surface area contributed by atoms with Crippen LogP contribution in [0.3, 0.4) is 0 Å². The van der Waals surface area contributed by atoms with E-state index in [1.165, 1.54) is 12.1 Å². The van der Waals surface area contributed by atoms with Gasteiger partial charge < -0.3 is 60.9 Å². The third-order valence-corrected chi connectivity index (χ3v) is 5.01. The van der Waals surface area contributed by atoms with Gasteiger partial charge in [0.05, 0.1) is 4.90 Å². The molecule has 0 atom stereocenters. The summed E-state index contributed by atoms with van der Waals surface area (Å²) in [7, 11) is -4.99. The maximum atomic E-state index is 12.5. The second-order valence-electron chi connectivity index (χ2n) is 6.14. The van der Waals surface area contributed by atoms with Crippen molar-refractivity contribution in [1.82, 2.24) is 0 Å². The fourth-order valence-electron chi connectivity index (χ4n) is 1.99. The van der Waals surface area contributed by atoms with Crippen LogP contribution in [0.15, 0.2) is 29.2 Å². The first-order chi connectivity index (χ1) is 11.9. The topological polar surface area (TPSA) is 318 Å². The monoisotopic (exact) mass is 429 g/mol. The van der Waals surface area contributed by atoms with E-state index in [1.54, 1.807) is 0 Å². The second-order valence-corrected chi connectivity index (χ2v) is 7.49. The summed E-state index contributed by atoms with van der Waals surface area (Å²) in [5, 5.41) is 0. The number of nitrogens with two attached hydrogens (primary N) is 9. The molecule has 0 aliphatic rings. The molecule has 0 aromatic heterocycles. The van der Waals surface area contributed by atoms with Crippen LogP contribution in [0.5, 0.6) is 5.75 Å². The van der Waals surface area contributed by atoms with Crippen LogP contribution in [0, 0.1) is 0 Å². The summed E-state index contributed by atoms with van der Waals surface area (Å²) in [6.45, 7) is -0.529. The fourth-order valence-corrected chi connectivity index (χ4v) is 2.59. The average molecular weight is 429 g/mol. The molecular formula is C12H24N9NaO5S. The van der Waals surface area contributed by atoms with Gasteiger partial charge in [0.1, 0.15) is 32.9 Å².